The van der Waals surface area contributed by atoms with Crippen molar-refractivity contribution in [3.05, 3.63) is 22.7 Å². The molecule has 0 aromatic carbocycles. The first kappa shape index (κ1) is 13.9. The molecule has 9 nitrogen and oxygen atoms in total. The van der Waals surface area contributed by atoms with Crippen LogP contribution in [-0.4, -0.2) is 55.8 Å². The van der Waals surface area contributed by atoms with Crippen molar-refractivity contribution in [3.63, 3.8) is 0 Å². The van der Waals surface area contributed by atoms with Gasteiger partial charge in [0.25, 0.3) is 0 Å². The summed E-state index contributed by atoms with van der Waals surface area (Å²) in [6.45, 7) is -0.872. The Morgan fingerprint density at radius 1 is 1.58 bits per heavy atom. The fourth-order valence-electron chi connectivity index (χ4n) is 2.10. The Hall–Kier alpha value is -1.52. The van der Waals surface area contributed by atoms with Crippen LogP contribution < -0.4 is 17.2 Å². The molecule has 106 valence electrons. The average molecular weight is 272 g/mol. The molecule has 0 aliphatic carbocycles. The van der Waals surface area contributed by atoms with E-state index in [0.29, 0.717) is 0 Å². The molecule has 0 spiro atoms. The predicted molar refractivity (Wildman–Crippen MR) is 63.9 cm³/mol. The van der Waals surface area contributed by atoms with E-state index in [9.17, 15) is 15.0 Å². The van der Waals surface area contributed by atoms with Gasteiger partial charge in [0.05, 0.1) is 6.61 Å². The van der Waals surface area contributed by atoms with Gasteiger partial charge in [-0.25, -0.2) is 4.79 Å². The normalized spacial score (nSPS) is 34.6. The zero-order chi connectivity index (χ0) is 14.2. The monoisotopic (exact) mass is 272 g/mol. The zero-order valence-electron chi connectivity index (χ0n) is 10.0. The number of aromatic nitrogens is 2. The van der Waals surface area contributed by atoms with Gasteiger partial charge in [-0.2, -0.15) is 4.98 Å². The molecule has 0 saturated carbocycles. The summed E-state index contributed by atoms with van der Waals surface area (Å²) in [5.41, 5.74) is 8.17. The standard InChI is InChI=1S/C10H16N4O5/c11-4-10(18)7(16)5(3-15)19-8(10)14-2-1-6(12)13-9(14)17/h1-2,5,7-8,15-16,18H,3-4,11H2,(H2,12,13,17)/t5-,7-,8-,10-/m1/s1. The number of aliphatic hydroxyl groups excluding tert-OH is 2. The minimum atomic E-state index is -1.89. The second-order valence-electron chi connectivity index (χ2n) is 4.39. The Balaban J connectivity index is 2.45. The SMILES string of the molecule is NC[C@@]1(O)[C@H](O)[C@@H](CO)O[C@H]1n1ccc(N)nc1=O. The fourth-order valence-corrected chi connectivity index (χ4v) is 2.10. The lowest BCUT2D eigenvalue weighted by Crippen LogP contribution is -2.53. The van der Waals surface area contributed by atoms with Crippen LogP contribution in [0.5, 0.6) is 0 Å². The molecule has 0 radical (unpaired) electrons. The number of nitrogens with two attached hydrogens (primary N) is 2. The van der Waals surface area contributed by atoms with Gasteiger partial charge >= 0.3 is 5.69 Å². The highest BCUT2D eigenvalue weighted by Gasteiger charge is 2.55. The van der Waals surface area contributed by atoms with E-state index in [0.717, 1.165) is 4.57 Å². The maximum Gasteiger partial charge on any atom is 0.351 e. The smallest absolute Gasteiger partial charge is 0.351 e. The zero-order valence-corrected chi connectivity index (χ0v) is 10.0. The summed E-state index contributed by atoms with van der Waals surface area (Å²) >= 11 is 0. The van der Waals surface area contributed by atoms with Gasteiger partial charge < -0.3 is 31.5 Å². The number of aliphatic hydroxyl groups is 3. The highest BCUT2D eigenvalue weighted by atomic mass is 16.6. The molecule has 9 heteroatoms. The van der Waals surface area contributed by atoms with Crippen LogP contribution in [0.1, 0.15) is 6.23 Å². The summed E-state index contributed by atoms with van der Waals surface area (Å²) in [6, 6.07) is 1.35. The molecule has 1 fully saturated rings. The second-order valence-corrected chi connectivity index (χ2v) is 4.39. The van der Waals surface area contributed by atoms with Gasteiger partial charge in [-0.3, -0.25) is 4.57 Å². The van der Waals surface area contributed by atoms with Crippen molar-refractivity contribution < 1.29 is 20.1 Å². The Bertz CT molecular complexity index is 521. The van der Waals surface area contributed by atoms with Gasteiger partial charge in [0, 0.05) is 12.7 Å². The van der Waals surface area contributed by atoms with Crippen LogP contribution in [0.2, 0.25) is 0 Å². The predicted octanol–water partition coefficient (Wildman–Crippen LogP) is -3.23. The van der Waals surface area contributed by atoms with Crippen molar-refractivity contribution in [1.82, 2.24) is 9.55 Å². The van der Waals surface area contributed by atoms with E-state index in [2.05, 4.69) is 4.98 Å². The van der Waals surface area contributed by atoms with Crippen molar-refractivity contribution in [2.24, 2.45) is 5.73 Å². The van der Waals surface area contributed by atoms with Crippen molar-refractivity contribution in [2.75, 3.05) is 18.9 Å². The van der Waals surface area contributed by atoms with E-state index in [-0.39, 0.29) is 12.4 Å². The summed E-state index contributed by atoms with van der Waals surface area (Å²) in [4.78, 5) is 15.2. The third-order valence-electron chi connectivity index (χ3n) is 3.21. The minimum absolute atomic E-state index is 0.0230. The van der Waals surface area contributed by atoms with E-state index < -0.39 is 36.3 Å². The molecule has 4 atom stereocenters. The molecule has 7 N–H and O–H groups in total. The summed E-state index contributed by atoms with van der Waals surface area (Å²) in [7, 11) is 0. The fraction of sp³-hybridized carbons (Fsp3) is 0.600. The van der Waals surface area contributed by atoms with Crippen LogP contribution in [0.4, 0.5) is 5.82 Å². The van der Waals surface area contributed by atoms with Crippen LogP contribution in [0.3, 0.4) is 0 Å². The van der Waals surface area contributed by atoms with E-state index >= 15 is 0 Å². The average Bonchev–Trinajstić information content (AvgIpc) is 2.63. The van der Waals surface area contributed by atoms with E-state index in [1.54, 1.807) is 0 Å². The van der Waals surface area contributed by atoms with Crippen molar-refractivity contribution in [3.8, 4) is 0 Å². The molecule has 0 amide bonds. The number of nitrogens with zero attached hydrogens (tertiary/aromatic N) is 2. The van der Waals surface area contributed by atoms with Gasteiger partial charge in [-0.1, -0.05) is 0 Å². The lowest BCUT2D eigenvalue weighted by molar-refractivity contribution is -0.104. The summed E-state index contributed by atoms with van der Waals surface area (Å²) in [6.07, 6.45) is -2.42. The molecule has 1 aromatic rings. The Labute approximate surface area is 108 Å². The Kier molecular flexibility index (Phi) is 3.56. The number of hydrogen-bond acceptors (Lipinski definition) is 8. The molecule has 1 aromatic heterocycles. The molecular formula is C10H16N4O5. The van der Waals surface area contributed by atoms with Crippen molar-refractivity contribution in [1.29, 1.82) is 0 Å². The van der Waals surface area contributed by atoms with E-state index in [4.69, 9.17) is 21.3 Å². The number of hydrogen-bond donors (Lipinski definition) is 5. The minimum Gasteiger partial charge on any atom is -0.394 e. The van der Waals surface area contributed by atoms with E-state index in [1.165, 1.54) is 12.3 Å². The largest absolute Gasteiger partial charge is 0.394 e. The third kappa shape index (κ3) is 2.11. The highest BCUT2D eigenvalue weighted by molar-refractivity contribution is 5.24. The van der Waals surface area contributed by atoms with Crippen molar-refractivity contribution in [2.45, 2.75) is 24.0 Å². The molecule has 2 rings (SSSR count). The van der Waals surface area contributed by atoms with Gasteiger partial charge in [0.1, 0.15) is 18.0 Å². The molecular weight excluding hydrogens is 256 g/mol. The molecule has 19 heavy (non-hydrogen) atoms. The topological polar surface area (TPSA) is 157 Å². The summed E-state index contributed by atoms with van der Waals surface area (Å²) in [5.74, 6) is 0.0230. The second kappa shape index (κ2) is 4.87. The quantitative estimate of drug-likeness (QED) is 0.384. The molecule has 0 bridgehead atoms. The Morgan fingerprint density at radius 3 is 2.79 bits per heavy atom. The van der Waals surface area contributed by atoms with Crippen molar-refractivity contribution >= 4 is 5.82 Å². The first-order valence-electron chi connectivity index (χ1n) is 5.65. The first-order valence-corrected chi connectivity index (χ1v) is 5.65. The lowest BCUT2D eigenvalue weighted by Gasteiger charge is -2.30. The van der Waals surface area contributed by atoms with Crippen LogP contribution in [0, 0.1) is 0 Å². The summed E-state index contributed by atoms with van der Waals surface area (Å²) < 4.78 is 6.26. The van der Waals surface area contributed by atoms with Crippen LogP contribution in [0.25, 0.3) is 0 Å². The number of nitrogen functional groups attached to an aromatic ring is 1. The molecule has 0 unspecified atom stereocenters. The van der Waals surface area contributed by atoms with Gasteiger partial charge in [0.15, 0.2) is 11.8 Å². The summed E-state index contributed by atoms with van der Waals surface area (Å²) in [5, 5.41) is 29.3. The molecule has 1 saturated heterocycles. The van der Waals surface area contributed by atoms with E-state index in [1.807, 2.05) is 0 Å². The third-order valence-corrected chi connectivity index (χ3v) is 3.21. The lowest BCUT2D eigenvalue weighted by atomic mass is 9.94. The molecule has 2 heterocycles. The number of rotatable bonds is 3. The first-order chi connectivity index (χ1) is 8.93. The van der Waals surface area contributed by atoms with Gasteiger partial charge in [0.2, 0.25) is 0 Å². The maximum atomic E-state index is 11.7. The van der Waals surface area contributed by atoms with Crippen LogP contribution >= 0.6 is 0 Å². The molecule has 1 aliphatic rings. The number of anilines is 1. The van der Waals surface area contributed by atoms with Crippen LogP contribution in [-0.2, 0) is 4.74 Å². The van der Waals surface area contributed by atoms with Gasteiger partial charge in [-0.15, -0.1) is 0 Å². The Morgan fingerprint density at radius 2 is 2.26 bits per heavy atom. The van der Waals surface area contributed by atoms with Gasteiger partial charge in [-0.05, 0) is 6.07 Å². The maximum absolute atomic E-state index is 11.7. The highest BCUT2D eigenvalue weighted by Crippen LogP contribution is 2.36. The van der Waals surface area contributed by atoms with Crippen LogP contribution in [0.15, 0.2) is 17.1 Å². The molecule has 1 aliphatic heterocycles. The number of ether oxygens (including phenoxy) is 1.